The topological polar surface area (TPSA) is 77.0 Å². The van der Waals surface area contributed by atoms with Gasteiger partial charge in [-0.2, -0.15) is 0 Å². The second-order valence-corrected chi connectivity index (χ2v) is 7.19. The molecule has 0 aliphatic carbocycles. The molecular weight excluding hydrogens is 324 g/mol. The lowest BCUT2D eigenvalue weighted by Gasteiger charge is -2.16. The first kappa shape index (κ1) is 16.7. The van der Waals surface area contributed by atoms with Crippen LogP contribution >= 0.6 is 11.8 Å². The molecule has 0 atom stereocenters. The summed E-state index contributed by atoms with van der Waals surface area (Å²) in [6, 6.07) is 7.63. The Morgan fingerprint density at radius 2 is 2.12 bits per heavy atom. The molecule has 3 rings (SSSR count). The number of hydrogen-bond acceptors (Lipinski definition) is 6. The van der Waals surface area contributed by atoms with E-state index >= 15 is 0 Å². The first-order valence-electron chi connectivity index (χ1n) is 7.74. The third-order valence-corrected chi connectivity index (χ3v) is 4.44. The smallest absolute Gasteiger partial charge is 0.191 e. The van der Waals surface area contributed by atoms with Crippen LogP contribution in [0, 0.1) is 0 Å². The quantitative estimate of drug-likeness (QED) is 0.663. The van der Waals surface area contributed by atoms with Crippen LogP contribution in [0.5, 0.6) is 0 Å². The molecule has 0 fully saturated rings. The van der Waals surface area contributed by atoms with Gasteiger partial charge < -0.3 is 9.52 Å². The second kappa shape index (κ2) is 7.19. The Hall–Kier alpha value is -2.12. The van der Waals surface area contributed by atoms with E-state index in [1.807, 2.05) is 42.7 Å². The van der Waals surface area contributed by atoms with Crippen molar-refractivity contribution in [3.05, 3.63) is 48.7 Å². The van der Waals surface area contributed by atoms with Crippen molar-refractivity contribution >= 4 is 11.8 Å². The van der Waals surface area contributed by atoms with Crippen LogP contribution < -0.4 is 0 Å². The number of nitrogens with zero attached hydrogens (tertiary/aromatic N) is 4. The summed E-state index contributed by atoms with van der Waals surface area (Å²) in [4.78, 5) is 4.16. The average molecular weight is 344 g/mol. The predicted molar refractivity (Wildman–Crippen MR) is 92.7 cm³/mol. The van der Waals surface area contributed by atoms with E-state index in [1.165, 1.54) is 0 Å². The predicted octanol–water partition coefficient (Wildman–Crippen LogP) is 3.23. The molecule has 0 radical (unpaired) electrons. The van der Waals surface area contributed by atoms with Crippen molar-refractivity contribution in [2.45, 2.75) is 37.6 Å². The van der Waals surface area contributed by atoms with Gasteiger partial charge in [0.2, 0.25) is 0 Å². The van der Waals surface area contributed by atoms with Crippen molar-refractivity contribution in [1.29, 1.82) is 0 Å². The molecule has 0 aliphatic rings. The van der Waals surface area contributed by atoms with Gasteiger partial charge in [0.15, 0.2) is 11.0 Å². The third kappa shape index (κ3) is 4.24. The Balaban J connectivity index is 1.86. The number of rotatable bonds is 7. The van der Waals surface area contributed by atoms with Crippen LogP contribution in [0.1, 0.15) is 26.0 Å². The lowest BCUT2D eigenvalue weighted by molar-refractivity contribution is 0.0777. The zero-order valence-corrected chi connectivity index (χ0v) is 14.5. The Labute approximate surface area is 144 Å². The maximum atomic E-state index is 9.88. The van der Waals surface area contributed by atoms with Gasteiger partial charge in [-0.3, -0.25) is 9.55 Å². The van der Waals surface area contributed by atoms with Gasteiger partial charge in [-0.05, 0) is 44.5 Å². The zero-order valence-electron chi connectivity index (χ0n) is 13.7. The van der Waals surface area contributed by atoms with Gasteiger partial charge in [0, 0.05) is 23.7 Å². The highest BCUT2D eigenvalue weighted by molar-refractivity contribution is 7.99. The molecule has 1 N–H and O–H groups in total. The molecular formula is C17H20N4O2S. The summed E-state index contributed by atoms with van der Waals surface area (Å²) in [6.07, 6.45) is 5.84. The minimum Gasteiger partial charge on any atom is -0.467 e. The van der Waals surface area contributed by atoms with Crippen LogP contribution in [0.4, 0.5) is 0 Å². The fourth-order valence-electron chi connectivity index (χ4n) is 2.20. The van der Waals surface area contributed by atoms with Crippen LogP contribution in [-0.4, -0.2) is 36.2 Å². The molecule has 0 aliphatic heterocycles. The summed E-state index contributed by atoms with van der Waals surface area (Å²) in [7, 11) is 0. The number of thioether (sulfide) groups is 1. The Morgan fingerprint density at radius 1 is 1.25 bits per heavy atom. The normalized spacial score (nSPS) is 11.8. The van der Waals surface area contributed by atoms with Crippen molar-refractivity contribution in [2.24, 2.45) is 0 Å². The molecule has 0 saturated heterocycles. The summed E-state index contributed by atoms with van der Waals surface area (Å²) < 4.78 is 7.49. The summed E-state index contributed by atoms with van der Waals surface area (Å²) in [5.74, 6) is 2.35. The van der Waals surface area contributed by atoms with Crippen LogP contribution in [0.15, 0.2) is 52.5 Å². The number of hydrogen-bond donors (Lipinski definition) is 1. The molecule has 0 saturated carbocycles. The van der Waals surface area contributed by atoms with Crippen LogP contribution in [0.25, 0.3) is 11.4 Å². The summed E-state index contributed by atoms with van der Waals surface area (Å²) in [5.41, 5.74) is 0.219. The largest absolute Gasteiger partial charge is 0.467 e. The minimum atomic E-state index is -0.689. The summed E-state index contributed by atoms with van der Waals surface area (Å²) in [6.45, 7) is 4.17. The van der Waals surface area contributed by atoms with Gasteiger partial charge >= 0.3 is 0 Å². The van der Waals surface area contributed by atoms with Crippen LogP contribution in [-0.2, 0) is 6.54 Å². The van der Waals surface area contributed by atoms with E-state index in [4.69, 9.17) is 4.42 Å². The molecule has 24 heavy (non-hydrogen) atoms. The molecule has 6 nitrogen and oxygen atoms in total. The number of aliphatic hydroxyl groups is 1. The fourth-order valence-corrected chi connectivity index (χ4v) is 3.39. The minimum absolute atomic E-state index is 0.551. The maximum absolute atomic E-state index is 9.88. The number of furan rings is 1. The van der Waals surface area contributed by atoms with Gasteiger partial charge in [0.05, 0.1) is 18.4 Å². The fraction of sp³-hybridized carbons (Fsp3) is 0.353. The van der Waals surface area contributed by atoms with Gasteiger partial charge in [0.25, 0.3) is 0 Å². The molecule has 0 spiro atoms. The Kier molecular flexibility index (Phi) is 5.01. The standard InChI is InChI=1S/C17H20N4O2S/c1-17(2,22)7-10-24-16-20-19-15(13-5-3-8-18-11-13)21(16)12-14-6-4-9-23-14/h3-6,8-9,11,22H,7,10,12H2,1-2H3. The Morgan fingerprint density at radius 3 is 2.79 bits per heavy atom. The zero-order chi connectivity index (χ0) is 17.0. The lowest BCUT2D eigenvalue weighted by Crippen LogP contribution is -2.19. The second-order valence-electron chi connectivity index (χ2n) is 6.12. The molecule has 126 valence electrons. The van der Waals surface area contributed by atoms with Gasteiger partial charge in [-0.1, -0.05) is 11.8 Å². The van der Waals surface area contributed by atoms with Gasteiger partial charge in [-0.25, -0.2) is 0 Å². The first-order chi connectivity index (χ1) is 11.5. The van der Waals surface area contributed by atoms with Crippen molar-refractivity contribution in [3.8, 4) is 11.4 Å². The Bertz CT molecular complexity index is 764. The third-order valence-electron chi connectivity index (χ3n) is 3.48. The highest BCUT2D eigenvalue weighted by Gasteiger charge is 2.18. The monoisotopic (exact) mass is 344 g/mol. The SMILES string of the molecule is CC(C)(O)CCSc1nnc(-c2cccnc2)n1Cc1ccco1. The lowest BCUT2D eigenvalue weighted by atomic mass is 10.1. The van der Waals surface area contributed by atoms with E-state index in [0.29, 0.717) is 13.0 Å². The van der Waals surface area contributed by atoms with Crippen LogP contribution in [0.3, 0.4) is 0 Å². The first-order valence-corrected chi connectivity index (χ1v) is 8.73. The van der Waals surface area contributed by atoms with Gasteiger partial charge in [-0.15, -0.1) is 10.2 Å². The van der Waals surface area contributed by atoms with E-state index in [1.54, 1.807) is 30.4 Å². The maximum Gasteiger partial charge on any atom is 0.191 e. The van der Waals surface area contributed by atoms with E-state index in [0.717, 1.165) is 28.1 Å². The molecule has 3 heterocycles. The van der Waals surface area contributed by atoms with Crippen molar-refractivity contribution in [2.75, 3.05) is 5.75 Å². The highest BCUT2D eigenvalue weighted by atomic mass is 32.2. The molecule has 0 unspecified atom stereocenters. The summed E-state index contributed by atoms with van der Waals surface area (Å²) in [5, 5.41) is 19.3. The van der Waals surface area contributed by atoms with Crippen molar-refractivity contribution < 1.29 is 9.52 Å². The highest BCUT2D eigenvalue weighted by Crippen LogP contribution is 2.26. The molecule has 3 aromatic rings. The van der Waals surface area contributed by atoms with Crippen molar-refractivity contribution in [3.63, 3.8) is 0 Å². The number of aromatic nitrogens is 4. The van der Waals surface area contributed by atoms with E-state index in [2.05, 4.69) is 15.2 Å². The number of pyridine rings is 1. The van der Waals surface area contributed by atoms with E-state index in [9.17, 15) is 5.11 Å². The molecule has 0 aromatic carbocycles. The molecule has 0 bridgehead atoms. The molecule has 0 amide bonds. The average Bonchev–Trinajstić information content (AvgIpc) is 3.18. The molecule has 7 heteroatoms. The van der Waals surface area contributed by atoms with E-state index in [-0.39, 0.29) is 0 Å². The molecule has 3 aromatic heterocycles. The van der Waals surface area contributed by atoms with Crippen LogP contribution in [0.2, 0.25) is 0 Å². The van der Waals surface area contributed by atoms with Gasteiger partial charge in [0.1, 0.15) is 5.76 Å². The van der Waals surface area contributed by atoms with E-state index < -0.39 is 5.60 Å². The summed E-state index contributed by atoms with van der Waals surface area (Å²) >= 11 is 1.58. The van der Waals surface area contributed by atoms with Crippen molar-refractivity contribution in [1.82, 2.24) is 19.7 Å².